The number of aromatic nitrogens is 4. The summed E-state index contributed by atoms with van der Waals surface area (Å²) in [6.07, 6.45) is 1.51. The van der Waals surface area contributed by atoms with Crippen molar-refractivity contribution in [2.75, 3.05) is 31.1 Å². The Kier molecular flexibility index (Phi) is 4.16. The van der Waals surface area contributed by atoms with Crippen LogP contribution in [0.25, 0.3) is 5.78 Å². The number of amides is 1. The Hall–Kier alpha value is -2.22. The van der Waals surface area contributed by atoms with E-state index in [-0.39, 0.29) is 11.3 Å². The summed E-state index contributed by atoms with van der Waals surface area (Å²) < 4.78 is 1.74. The van der Waals surface area contributed by atoms with Crippen LogP contribution in [0.1, 0.15) is 26.5 Å². The van der Waals surface area contributed by atoms with E-state index in [0.717, 1.165) is 24.6 Å². The van der Waals surface area contributed by atoms with Crippen molar-refractivity contribution < 1.29 is 4.79 Å². The summed E-state index contributed by atoms with van der Waals surface area (Å²) in [6.45, 7) is 10.7. The third-order valence-corrected chi connectivity index (χ3v) is 4.48. The molecule has 1 saturated heterocycles. The van der Waals surface area contributed by atoms with E-state index in [9.17, 15) is 4.79 Å². The number of hydrogen-bond acceptors (Lipinski definition) is 6. The van der Waals surface area contributed by atoms with Crippen molar-refractivity contribution in [3.05, 3.63) is 18.1 Å². The number of nitrogens with zero attached hydrogens (tertiary/aromatic N) is 6. The molecule has 0 spiro atoms. The largest absolute Gasteiger partial charge is 0.353 e. The van der Waals surface area contributed by atoms with Crippen LogP contribution in [0.15, 0.2) is 12.4 Å². The van der Waals surface area contributed by atoms with E-state index < -0.39 is 6.04 Å². The monoisotopic (exact) mass is 331 g/mol. The first-order valence-electron chi connectivity index (χ1n) is 8.24. The predicted octanol–water partition coefficient (Wildman–Crippen LogP) is 0.455. The van der Waals surface area contributed by atoms with Gasteiger partial charge in [-0.1, -0.05) is 20.8 Å². The number of carbonyl (C=O) groups excluding carboxylic acids is 1. The van der Waals surface area contributed by atoms with Crippen LogP contribution in [0, 0.1) is 12.3 Å². The maximum atomic E-state index is 12.6. The molecule has 8 nitrogen and oxygen atoms in total. The molecule has 3 heterocycles. The summed E-state index contributed by atoms with van der Waals surface area (Å²) in [5.74, 6) is 1.58. The Bertz CT molecular complexity index is 740. The molecule has 2 aromatic rings. The molecular formula is C16H25N7O. The maximum Gasteiger partial charge on any atom is 0.254 e. The number of aryl methyl sites for hydroxylation is 1. The van der Waals surface area contributed by atoms with Crippen molar-refractivity contribution >= 4 is 17.5 Å². The smallest absolute Gasteiger partial charge is 0.254 e. The number of fused-ring (bicyclic) bond motifs is 1. The van der Waals surface area contributed by atoms with Crippen molar-refractivity contribution in [3.63, 3.8) is 0 Å². The van der Waals surface area contributed by atoms with Crippen LogP contribution >= 0.6 is 0 Å². The minimum absolute atomic E-state index is 0.0268. The van der Waals surface area contributed by atoms with Gasteiger partial charge in [0.15, 0.2) is 0 Å². The normalized spacial score (nSPS) is 17.4. The maximum absolute atomic E-state index is 12.6. The Labute approximate surface area is 141 Å². The highest BCUT2D eigenvalue weighted by Gasteiger charge is 2.32. The fourth-order valence-electron chi connectivity index (χ4n) is 2.86. The second-order valence-corrected chi connectivity index (χ2v) is 7.38. The second kappa shape index (κ2) is 6.01. The highest BCUT2D eigenvalue weighted by molar-refractivity contribution is 5.82. The molecule has 0 saturated carbocycles. The van der Waals surface area contributed by atoms with Crippen LogP contribution in [0.3, 0.4) is 0 Å². The lowest BCUT2D eigenvalue weighted by atomic mass is 9.86. The zero-order chi connectivity index (χ0) is 17.5. The Balaban J connectivity index is 1.73. The van der Waals surface area contributed by atoms with Gasteiger partial charge in [-0.3, -0.25) is 4.79 Å². The molecule has 24 heavy (non-hydrogen) atoms. The fourth-order valence-corrected chi connectivity index (χ4v) is 2.86. The molecule has 1 atom stereocenters. The summed E-state index contributed by atoms with van der Waals surface area (Å²) in [7, 11) is 0. The topological polar surface area (TPSA) is 92.7 Å². The molecule has 0 unspecified atom stereocenters. The average Bonchev–Trinajstić information content (AvgIpc) is 3.00. The molecule has 1 amide bonds. The van der Waals surface area contributed by atoms with Crippen LogP contribution in [-0.4, -0.2) is 62.6 Å². The SMILES string of the molecule is Cc1cc(N2CCN(C(=O)[C@@H](N)C(C)(C)C)CC2)n2ncnc2n1. The Morgan fingerprint density at radius 2 is 1.92 bits per heavy atom. The zero-order valence-corrected chi connectivity index (χ0v) is 14.7. The van der Waals surface area contributed by atoms with E-state index in [1.807, 2.05) is 38.7 Å². The first-order chi connectivity index (χ1) is 11.3. The molecule has 1 aliphatic rings. The van der Waals surface area contributed by atoms with E-state index in [1.165, 1.54) is 6.33 Å². The number of nitrogens with two attached hydrogens (primary N) is 1. The van der Waals surface area contributed by atoms with Gasteiger partial charge in [0.2, 0.25) is 5.91 Å². The molecule has 1 fully saturated rings. The molecule has 3 rings (SSSR count). The van der Waals surface area contributed by atoms with E-state index in [1.54, 1.807) is 4.52 Å². The molecule has 0 radical (unpaired) electrons. The third kappa shape index (κ3) is 3.06. The van der Waals surface area contributed by atoms with Gasteiger partial charge in [-0.05, 0) is 12.3 Å². The molecule has 1 aliphatic heterocycles. The molecule has 0 bridgehead atoms. The summed E-state index contributed by atoms with van der Waals surface area (Å²) in [6, 6.07) is 1.52. The molecular weight excluding hydrogens is 306 g/mol. The van der Waals surface area contributed by atoms with Crippen LogP contribution in [0.4, 0.5) is 5.82 Å². The van der Waals surface area contributed by atoms with Crippen molar-refractivity contribution in [1.29, 1.82) is 0 Å². The van der Waals surface area contributed by atoms with Gasteiger partial charge in [-0.25, -0.2) is 4.98 Å². The number of anilines is 1. The van der Waals surface area contributed by atoms with E-state index in [4.69, 9.17) is 5.73 Å². The summed E-state index contributed by atoms with van der Waals surface area (Å²) in [4.78, 5) is 25.2. The molecule has 8 heteroatoms. The Morgan fingerprint density at radius 3 is 2.54 bits per heavy atom. The van der Waals surface area contributed by atoms with Gasteiger partial charge in [-0.15, -0.1) is 0 Å². The van der Waals surface area contributed by atoms with Gasteiger partial charge in [0.1, 0.15) is 12.1 Å². The van der Waals surface area contributed by atoms with E-state index in [0.29, 0.717) is 18.9 Å². The average molecular weight is 331 g/mol. The van der Waals surface area contributed by atoms with Gasteiger partial charge >= 0.3 is 0 Å². The number of rotatable bonds is 2. The third-order valence-electron chi connectivity index (χ3n) is 4.48. The number of hydrogen-bond donors (Lipinski definition) is 1. The van der Waals surface area contributed by atoms with Crippen molar-refractivity contribution in [2.45, 2.75) is 33.7 Å². The number of carbonyl (C=O) groups is 1. The van der Waals surface area contributed by atoms with Crippen molar-refractivity contribution in [2.24, 2.45) is 11.1 Å². The van der Waals surface area contributed by atoms with Crippen LogP contribution < -0.4 is 10.6 Å². The van der Waals surface area contributed by atoms with Gasteiger partial charge in [0.05, 0.1) is 6.04 Å². The van der Waals surface area contributed by atoms with Gasteiger partial charge in [0.25, 0.3) is 5.78 Å². The van der Waals surface area contributed by atoms with E-state index in [2.05, 4.69) is 20.0 Å². The van der Waals surface area contributed by atoms with Crippen LogP contribution in [0.2, 0.25) is 0 Å². The van der Waals surface area contributed by atoms with Crippen LogP contribution in [0.5, 0.6) is 0 Å². The molecule has 2 aromatic heterocycles. The van der Waals surface area contributed by atoms with Gasteiger partial charge < -0.3 is 15.5 Å². The highest BCUT2D eigenvalue weighted by atomic mass is 16.2. The fraction of sp³-hybridized carbons (Fsp3) is 0.625. The molecule has 130 valence electrons. The Morgan fingerprint density at radius 1 is 1.25 bits per heavy atom. The molecule has 0 aromatic carbocycles. The molecule has 2 N–H and O–H groups in total. The predicted molar refractivity (Wildman–Crippen MR) is 91.7 cm³/mol. The molecule has 0 aliphatic carbocycles. The zero-order valence-electron chi connectivity index (χ0n) is 14.7. The number of piperazine rings is 1. The first-order valence-corrected chi connectivity index (χ1v) is 8.24. The lowest BCUT2D eigenvalue weighted by Crippen LogP contribution is -2.56. The van der Waals surface area contributed by atoms with Crippen LogP contribution in [-0.2, 0) is 4.79 Å². The minimum atomic E-state index is -0.478. The highest BCUT2D eigenvalue weighted by Crippen LogP contribution is 2.21. The minimum Gasteiger partial charge on any atom is -0.353 e. The summed E-state index contributed by atoms with van der Waals surface area (Å²) >= 11 is 0. The van der Waals surface area contributed by atoms with Crippen molar-refractivity contribution in [1.82, 2.24) is 24.5 Å². The van der Waals surface area contributed by atoms with Crippen molar-refractivity contribution in [3.8, 4) is 0 Å². The quantitative estimate of drug-likeness (QED) is 0.859. The summed E-state index contributed by atoms with van der Waals surface area (Å²) in [5, 5.41) is 4.25. The van der Waals surface area contributed by atoms with Gasteiger partial charge in [-0.2, -0.15) is 14.6 Å². The summed E-state index contributed by atoms with van der Waals surface area (Å²) in [5.41, 5.74) is 6.78. The van der Waals surface area contributed by atoms with Gasteiger partial charge in [0, 0.05) is 37.9 Å². The van der Waals surface area contributed by atoms with E-state index >= 15 is 0 Å². The second-order valence-electron chi connectivity index (χ2n) is 7.38. The standard InChI is InChI=1S/C16H25N7O/c1-11-9-12(23-15(20-11)18-10-19-23)21-5-7-22(8-6-21)14(24)13(17)16(2,3)4/h9-10,13H,5-8,17H2,1-4H3/t13-/m1/s1. The first kappa shape index (κ1) is 16.6. The lowest BCUT2D eigenvalue weighted by molar-refractivity contribution is -0.135. The lowest BCUT2D eigenvalue weighted by Gasteiger charge is -2.38.